The molecule has 0 saturated carbocycles. The Morgan fingerprint density at radius 3 is 2.78 bits per heavy atom. The number of sulfonamides is 1. The summed E-state index contributed by atoms with van der Waals surface area (Å²) in [6.45, 7) is 0.429. The summed E-state index contributed by atoms with van der Waals surface area (Å²) in [6, 6.07) is 1.33. The molecule has 18 heavy (non-hydrogen) atoms. The zero-order valence-electron chi connectivity index (χ0n) is 10.1. The number of aromatic nitrogens is 1. The van der Waals surface area contributed by atoms with Crippen LogP contribution in [0.5, 0.6) is 0 Å². The van der Waals surface area contributed by atoms with E-state index in [1.54, 1.807) is 11.8 Å². The summed E-state index contributed by atoms with van der Waals surface area (Å²) in [5.41, 5.74) is 2.28. The van der Waals surface area contributed by atoms with Crippen LogP contribution in [0.4, 0.5) is 5.82 Å². The van der Waals surface area contributed by atoms with E-state index in [2.05, 4.69) is 10.4 Å². The summed E-state index contributed by atoms with van der Waals surface area (Å²) in [6.07, 6.45) is 3.15. The minimum Gasteiger partial charge on any atom is -0.307 e. The molecule has 0 unspecified atom stereocenters. The maximum Gasteiger partial charge on any atom is 0.244 e. The van der Waals surface area contributed by atoms with Crippen molar-refractivity contribution in [3.05, 3.63) is 17.3 Å². The van der Waals surface area contributed by atoms with Crippen molar-refractivity contribution in [2.75, 3.05) is 31.0 Å². The summed E-state index contributed by atoms with van der Waals surface area (Å²) in [4.78, 5) is 3.90. The number of hydrazine groups is 1. The molecular formula is C9H15ClN4O2S2. The molecule has 1 rings (SSSR count). The zero-order valence-corrected chi connectivity index (χ0v) is 12.4. The molecule has 9 heteroatoms. The maximum absolute atomic E-state index is 12.2. The second-order valence-electron chi connectivity index (χ2n) is 3.47. The summed E-state index contributed by atoms with van der Waals surface area (Å²) in [5.74, 6) is 6.14. The average molecular weight is 311 g/mol. The van der Waals surface area contributed by atoms with Gasteiger partial charge in [-0.3, -0.25) is 0 Å². The van der Waals surface area contributed by atoms with Crippen LogP contribution in [-0.2, 0) is 10.0 Å². The number of hydrogen-bond acceptors (Lipinski definition) is 6. The summed E-state index contributed by atoms with van der Waals surface area (Å²) in [7, 11) is -2.03. The molecule has 102 valence electrons. The molecule has 0 aliphatic rings. The Kier molecular flexibility index (Phi) is 5.67. The lowest BCUT2D eigenvalue weighted by atomic mass is 10.5. The predicted molar refractivity (Wildman–Crippen MR) is 75.3 cm³/mol. The van der Waals surface area contributed by atoms with E-state index in [-0.39, 0.29) is 15.7 Å². The molecule has 3 N–H and O–H groups in total. The van der Waals surface area contributed by atoms with E-state index in [1.807, 2.05) is 6.26 Å². The fourth-order valence-corrected chi connectivity index (χ4v) is 3.19. The van der Waals surface area contributed by atoms with Crippen LogP contribution >= 0.6 is 23.4 Å². The van der Waals surface area contributed by atoms with E-state index >= 15 is 0 Å². The predicted octanol–water partition coefficient (Wildman–Crippen LogP) is 1.00. The molecule has 6 nitrogen and oxygen atoms in total. The second kappa shape index (κ2) is 6.58. The Hall–Kier alpha value is -0.540. The van der Waals surface area contributed by atoms with Crippen molar-refractivity contribution in [2.45, 2.75) is 4.90 Å². The van der Waals surface area contributed by atoms with E-state index in [0.717, 1.165) is 5.75 Å². The highest BCUT2D eigenvalue weighted by Crippen LogP contribution is 2.23. The number of nitrogens with zero attached hydrogens (tertiary/aromatic N) is 2. The first kappa shape index (κ1) is 15.5. The van der Waals surface area contributed by atoms with Crippen molar-refractivity contribution in [3.8, 4) is 0 Å². The Morgan fingerprint density at radius 1 is 1.61 bits per heavy atom. The Labute approximate surface area is 116 Å². The quantitative estimate of drug-likeness (QED) is 0.602. The van der Waals surface area contributed by atoms with Crippen LogP contribution in [-0.4, -0.2) is 43.3 Å². The molecule has 0 amide bonds. The Bertz CT molecular complexity index is 509. The first-order valence-electron chi connectivity index (χ1n) is 5.01. The van der Waals surface area contributed by atoms with E-state index in [4.69, 9.17) is 17.4 Å². The summed E-state index contributed by atoms with van der Waals surface area (Å²) >= 11 is 7.43. The van der Waals surface area contributed by atoms with Crippen molar-refractivity contribution in [3.63, 3.8) is 0 Å². The van der Waals surface area contributed by atoms with Gasteiger partial charge in [0.05, 0.1) is 5.02 Å². The van der Waals surface area contributed by atoms with Crippen LogP contribution in [0.25, 0.3) is 0 Å². The number of nitrogens with one attached hydrogen (secondary N) is 1. The normalized spacial score (nSPS) is 11.8. The van der Waals surface area contributed by atoms with Crippen molar-refractivity contribution in [1.29, 1.82) is 0 Å². The van der Waals surface area contributed by atoms with Crippen LogP contribution < -0.4 is 11.3 Å². The summed E-state index contributed by atoms with van der Waals surface area (Å²) in [5, 5.41) is 0.164. The van der Waals surface area contributed by atoms with Gasteiger partial charge in [-0.2, -0.15) is 11.8 Å². The third kappa shape index (κ3) is 3.48. The first-order valence-corrected chi connectivity index (χ1v) is 8.22. The molecule has 0 aliphatic heterocycles. The lowest BCUT2D eigenvalue weighted by Crippen LogP contribution is -2.29. The highest BCUT2D eigenvalue weighted by Gasteiger charge is 2.21. The largest absolute Gasteiger partial charge is 0.307 e. The highest BCUT2D eigenvalue weighted by atomic mass is 35.5. The molecule has 0 atom stereocenters. The van der Waals surface area contributed by atoms with Gasteiger partial charge >= 0.3 is 0 Å². The number of thioether (sulfide) groups is 1. The van der Waals surface area contributed by atoms with Crippen molar-refractivity contribution in [1.82, 2.24) is 9.29 Å². The van der Waals surface area contributed by atoms with Gasteiger partial charge in [-0.1, -0.05) is 11.6 Å². The molecule has 0 radical (unpaired) electrons. The molecular weight excluding hydrogens is 296 g/mol. The summed E-state index contributed by atoms with van der Waals surface area (Å²) < 4.78 is 25.6. The number of rotatable bonds is 6. The fraction of sp³-hybridized carbons (Fsp3) is 0.444. The van der Waals surface area contributed by atoms with E-state index < -0.39 is 10.0 Å². The Balaban J connectivity index is 3.01. The van der Waals surface area contributed by atoms with Crippen LogP contribution in [0, 0.1) is 0 Å². The van der Waals surface area contributed by atoms with Crippen molar-refractivity contribution in [2.24, 2.45) is 5.84 Å². The van der Waals surface area contributed by atoms with E-state index in [0.29, 0.717) is 6.54 Å². The lowest BCUT2D eigenvalue weighted by Gasteiger charge is -2.16. The molecule has 1 aromatic rings. The second-order valence-corrected chi connectivity index (χ2v) is 6.90. The van der Waals surface area contributed by atoms with E-state index in [1.165, 1.54) is 23.6 Å². The number of nitrogen functional groups attached to an aromatic ring is 1. The van der Waals surface area contributed by atoms with Crippen LogP contribution in [0.15, 0.2) is 17.2 Å². The van der Waals surface area contributed by atoms with Gasteiger partial charge in [0.15, 0.2) is 5.82 Å². The highest BCUT2D eigenvalue weighted by molar-refractivity contribution is 7.98. The number of nitrogens with two attached hydrogens (primary N) is 1. The van der Waals surface area contributed by atoms with Crippen LogP contribution in [0.3, 0.4) is 0 Å². The molecule has 0 saturated heterocycles. The smallest absolute Gasteiger partial charge is 0.244 e. The van der Waals surface area contributed by atoms with Gasteiger partial charge in [0.2, 0.25) is 10.0 Å². The van der Waals surface area contributed by atoms with Gasteiger partial charge in [-0.25, -0.2) is 23.5 Å². The molecule has 0 aliphatic carbocycles. The molecule has 1 heterocycles. The zero-order chi connectivity index (χ0) is 13.8. The minimum absolute atomic E-state index is 0.0510. The molecule has 0 bridgehead atoms. The SMILES string of the molecule is CSCCN(C)S(=O)(=O)c1cnc(NN)c(Cl)c1. The minimum atomic E-state index is -3.55. The van der Waals surface area contributed by atoms with Gasteiger partial charge < -0.3 is 5.43 Å². The van der Waals surface area contributed by atoms with Gasteiger partial charge in [0, 0.05) is 25.5 Å². The Morgan fingerprint density at radius 2 is 2.28 bits per heavy atom. The number of anilines is 1. The van der Waals surface area contributed by atoms with Crippen LogP contribution in [0.2, 0.25) is 5.02 Å². The van der Waals surface area contributed by atoms with E-state index in [9.17, 15) is 8.42 Å². The monoisotopic (exact) mass is 310 g/mol. The topological polar surface area (TPSA) is 88.3 Å². The third-order valence-corrected chi connectivity index (χ3v) is 4.97. The lowest BCUT2D eigenvalue weighted by molar-refractivity contribution is 0.488. The first-order chi connectivity index (χ1) is 8.43. The van der Waals surface area contributed by atoms with Crippen LogP contribution in [0.1, 0.15) is 0 Å². The molecule has 0 spiro atoms. The third-order valence-electron chi connectivity index (χ3n) is 2.27. The average Bonchev–Trinajstić information content (AvgIpc) is 2.35. The molecule has 1 aromatic heterocycles. The number of hydrogen-bond donors (Lipinski definition) is 2. The van der Waals surface area contributed by atoms with Crippen molar-refractivity contribution >= 4 is 39.2 Å². The maximum atomic E-state index is 12.2. The number of halogens is 1. The number of pyridine rings is 1. The molecule has 0 aromatic carbocycles. The van der Waals surface area contributed by atoms with Gasteiger partial charge in [0.1, 0.15) is 4.90 Å². The van der Waals surface area contributed by atoms with Gasteiger partial charge in [-0.05, 0) is 12.3 Å². The standard InChI is InChI=1S/C9H15ClN4O2S2/c1-14(3-4-17-2)18(15,16)7-5-8(10)9(13-11)12-6-7/h5-6H,3-4,11H2,1-2H3,(H,12,13). The van der Waals surface area contributed by atoms with Crippen molar-refractivity contribution < 1.29 is 8.42 Å². The van der Waals surface area contributed by atoms with Gasteiger partial charge in [0.25, 0.3) is 0 Å². The molecule has 0 fully saturated rings. The fourth-order valence-electron chi connectivity index (χ4n) is 1.19. The van der Waals surface area contributed by atoms with Gasteiger partial charge in [-0.15, -0.1) is 0 Å².